The summed E-state index contributed by atoms with van der Waals surface area (Å²) in [5.74, 6) is 1.84. The number of carbonyl (C=O) groups is 1. The van der Waals surface area contributed by atoms with Crippen LogP contribution in [0.4, 0.5) is 0 Å². The van der Waals surface area contributed by atoms with E-state index in [4.69, 9.17) is 9.53 Å². The number of hydrogen-bond donors (Lipinski definition) is 1. The zero-order chi connectivity index (χ0) is 19.8. The van der Waals surface area contributed by atoms with Crippen LogP contribution in [0.25, 0.3) is 0 Å². The van der Waals surface area contributed by atoms with Crippen LogP contribution in [0, 0.1) is 12.8 Å². The molecule has 6 heteroatoms. The van der Waals surface area contributed by atoms with Gasteiger partial charge in [0, 0.05) is 42.8 Å². The highest BCUT2D eigenvalue weighted by Gasteiger charge is 2.19. The zero-order valence-electron chi connectivity index (χ0n) is 16.8. The minimum absolute atomic E-state index is 0.250. The second-order valence-corrected chi connectivity index (χ2v) is 8.11. The van der Waals surface area contributed by atoms with Gasteiger partial charge < -0.3 is 15.0 Å². The molecule has 0 atom stereocenters. The number of para-hydroxylation sites is 1. The molecule has 0 unspecified atom stereocenters. The number of benzene rings is 1. The van der Waals surface area contributed by atoms with E-state index in [0.29, 0.717) is 0 Å². The predicted octanol–water partition coefficient (Wildman–Crippen LogP) is 3.77. The summed E-state index contributed by atoms with van der Waals surface area (Å²) in [5.41, 5.74) is 8.09. The maximum Gasteiger partial charge on any atom is 0.204 e. The summed E-state index contributed by atoms with van der Waals surface area (Å²) in [4.78, 5) is 9.97. The van der Waals surface area contributed by atoms with Crippen molar-refractivity contribution in [3.05, 3.63) is 47.3 Å². The first-order valence-electron chi connectivity index (χ1n) is 9.35. The van der Waals surface area contributed by atoms with Crippen molar-refractivity contribution < 1.29 is 9.53 Å². The van der Waals surface area contributed by atoms with Gasteiger partial charge in [0.05, 0.1) is 7.11 Å². The van der Waals surface area contributed by atoms with Crippen LogP contribution in [0.15, 0.2) is 35.2 Å². The summed E-state index contributed by atoms with van der Waals surface area (Å²) in [6.07, 6.45) is 3.78. The van der Waals surface area contributed by atoms with Gasteiger partial charge in [-0.3, -0.25) is 4.79 Å². The highest BCUT2D eigenvalue weighted by molar-refractivity contribution is 7.97. The predicted molar refractivity (Wildman–Crippen MR) is 112 cm³/mol. The molecule has 0 saturated carbocycles. The third-order valence-corrected chi connectivity index (χ3v) is 6.36. The van der Waals surface area contributed by atoms with Gasteiger partial charge in [-0.25, -0.2) is 4.31 Å². The van der Waals surface area contributed by atoms with Gasteiger partial charge in [0.25, 0.3) is 0 Å². The van der Waals surface area contributed by atoms with Crippen molar-refractivity contribution in [2.24, 2.45) is 18.7 Å². The minimum Gasteiger partial charge on any atom is -0.496 e. The average Bonchev–Trinajstić information content (AvgIpc) is 2.92. The van der Waals surface area contributed by atoms with Gasteiger partial charge in [-0.15, -0.1) is 0 Å². The van der Waals surface area contributed by atoms with Crippen LogP contribution in [0.2, 0.25) is 0 Å². The van der Waals surface area contributed by atoms with E-state index in [1.54, 1.807) is 7.11 Å². The number of amides is 1. The Bertz CT molecular complexity index is 737. The molecule has 1 aliphatic rings. The van der Waals surface area contributed by atoms with Gasteiger partial charge in [0.2, 0.25) is 6.41 Å². The summed E-state index contributed by atoms with van der Waals surface area (Å²) in [6.45, 7) is 6.98. The highest BCUT2D eigenvalue weighted by atomic mass is 32.2. The molecule has 1 amide bonds. The minimum atomic E-state index is 0.250. The molecule has 27 heavy (non-hydrogen) atoms. The molecule has 1 aromatic heterocycles. The second-order valence-electron chi connectivity index (χ2n) is 6.97. The van der Waals surface area contributed by atoms with Crippen molar-refractivity contribution in [1.82, 2.24) is 8.87 Å². The Morgan fingerprint density at radius 2 is 1.93 bits per heavy atom. The Morgan fingerprint density at radius 1 is 1.30 bits per heavy atom. The standard InChI is InChI=1S/C20H28N2OS.CH3NO/c1-15-9-11-22(12-10-15)24-20-14-18(21(3)16(20)2)13-17-7-5-6-8-19(17)23-4;2-1-3/h5-8,14-15H,9-13H2,1-4H3;1H,(H2,2,3). The molecule has 2 aromatic rings. The number of nitrogens with zero attached hydrogens (tertiary/aromatic N) is 2. The van der Waals surface area contributed by atoms with Crippen molar-refractivity contribution in [3.63, 3.8) is 0 Å². The molecule has 5 nitrogen and oxygen atoms in total. The van der Waals surface area contributed by atoms with E-state index in [1.807, 2.05) is 24.1 Å². The van der Waals surface area contributed by atoms with Gasteiger partial charge in [0.15, 0.2) is 0 Å². The molecule has 0 aliphatic carbocycles. The lowest BCUT2D eigenvalue weighted by atomic mass is 10.0. The number of hydrogen-bond acceptors (Lipinski definition) is 4. The Labute approximate surface area is 167 Å². The fourth-order valence-electron chi connectivity index (χ4n) is 3.25. The number of methoxy groups -OCH3 is 1. The van der Waals surface area contributed by atoms with Gasteiger partial charge in [-0.05, 0) is 55.3 Å². The first-order valence-corrected chi connectivity index (χ1v) is 10.1. The van der Waals surface area contributed by atoms with Crippen molar-refractivity contribution in [1.29, 1.82) is 0 Å². The topological polar surface area (TPSA) is 60.5 Å². The normalized spacial score (nSPS) is 15.1. The molecule has 1 fully saturated rings. The first kappa shape index (κ1) is 21.4. The van der Waals surface area contributed by atoms with E-state index < -0.39 is 0 Å². The Balaban J connectivity index is 0.000000817. The number of piperidine rings is 1. The molecule has 2 N–H and O–H groups in total. The molecular weight excluding hydrogens is 358 g/mol. The Morgan fingerprint density at radius 3 is 2.56 bits per heavy atom. The van der Waals surface area contributed by atoms with Crippen molar-refractivity contribution in [3.8, 4) is 5.75 Å². The summed E-state index contributed by atoms with van der Waals surface area (Å²) < 4.78 is 10.3. The molecular formula is C21H31N3O2S. The largest absolute Gasteiger partial charge is 0.496 e. The number of ether oxygens (including phenoxy) is 1. The van der Waals surface area contributed by atoms with E-state index in [2.05, 4.69) is 53.7 Å². The Kier molecular flexibility index (Phi) is 8.25. The van der Waals surface area contributed by atoms with Crippen LogP contribution in [-0.2, 0) is 18.3 Å². The van der Waals surface area contributed by atoms with Crippen LogP contribution in [0.5, 0.6) is 5.75 Å². The van der Waals surface area contributed by atoms with Crippen LogP contribution < -0.4 is 10.5 Å². The lowest BCUT2D eigenvalue weighted by Crippen LogP contribution is -2.27. The molecule has 1 saturated heterocycles. The molecule has 0 radical (unpaired) electrons. The number of rotatable bonds is 5. The Hall–Kier alpha value is -1.92. The van der Waals surface area contributed by atoms with Crippen LogP contribution in [-0.4, -0.2) is 35.5 Å². The second kappa shape index (κ2) is 10.4. The third-order valence-electron chi connectivity index (χ3n) is 5.12. The van der Waals surface area contributed by atoms with Crippen molar-refractivity contribution in [2.45, 2.75) is 38.0 Å². The van der Waals surface area contributed by atoms with Crippen LogP contribution in [0.1, 0.15) is 36.7 Å². The van der Waals surface area contributed by atoms with E-state index in [0.717, 1.165) is 18.1 Å². The fraction of sp³-hybridized carbons (Fsp3) is 0.476. The maximum atomic E-state index is 8.58. The lowest BCUT2D eigenvalue weighted by molar-refractivity contribution is -0.106. The molecule has 3 rings (SSSR count). The molecule has 1 aliphatic heterocycles. The van der Waals surface area contributed by atoms with E-state index >= 15 is 0 Å². The van der Waals surface area contributed by atoms with Crippen LogP contribution in [0.3, 0.4) is 0 Å². The number of nitrogens with two attached hydrogens (primary N) is 1. The zero-order valence-corrected chi connectivity index (χ0v) is 17.6. The summed E-state index contributed by atoms with van der Waals surface area (Å²) in [5, 5.41) is 0. The van der Waals surface area contributed by atoms with E-state index in [1.165, 1.54) is 47.8 Å². The first-order chi connectivity index (χ1) is 13.0. The van der Waals surface area contributed by atoms with Gasteiger partial charge in [0.1, 0.15) is 5.75 Å². The molecule has 2 heterocycles. The average molecular weight is 390 g/mol. The third kappa shape index (κ3) is 5.78. The van der Waals surface area contributed by atoms with Gasteiger partial charge in [-0.1, -0.05) is 25.1 Å². The van der Waals surface area contributed by atoms with Gasteiger partial charge >= 0.3 is 0 Å². The molecule has 1 aromatic carbocycles. The monoisotopic (exact) mass is 389 g/mol. The van der Waals surface area contributed by atoms with E-state index in [-0.39, 0.29) is 6.41 Å². The quantitative estimate of drug-likeness (QED) is 0.625. The van der Waals surface area contributed by atoms with Gasteiger partial charge in [-0.2, -0.15) is 0 Å². The summed E-state index contributed by atoms with van der Waals surface area (Å²) in [7, 11) is 3.91. The SMILES string of the molecule is COc1ccccc1Cc1cc(SN2CCC(C)CC2)c(C)n1C.NC=O. The van der Waals surface area contributed by atoms with E-state index in [9.17, 15) is 0 Å². The highest BCUT2D eigenvalue weighted by Crippen LogP contribution is 2.33. The lowest BCUT2D eigenvalue weighted by Gasteiger charge is -2.28. The number of aromatic nitrogens is 1. The van der Waals surface area contributed by atoms with Crippen molar-refractivity contribution in [2.75, 3.05) is 20.2 Å². The van der Waals surface area contributed by atoms with Crippen LogP contribution >= 0.6 is 11.9 Å². The fourth-order valence-corrected chi connectivity index (χ4v) is 4.38. The summed E-state index contributed by atoms with van der Waals surface area (Å²) >= 11 is 1.93. The molecule has 148 valence electrons. The van der Waals surface area contributed by atoms with Crippen molar-refractivity contribution >= 4 is 18.4 Å². The maximum absolute atomic E-state index is 8.58. The molecule has 0 spiro atoms. The smallest absolute Gasteiger partial charge is 0.204 e. The molecule has 0 bridgehead atoms. The number of carbonyl (C=O) groups excluding carboxylic acids is 1. The summed E-state index contributed by atoms with van der Waals surface area (Å²) in [6, 6.07) is 10.6. The number of primary amides is 1.